The summed E-state index contributed by atoms with van der Waals surface area (Å²) in [6.45, 7) is 5.88. The molecule has 0 bridgehead atoms. The number of carbonyl (C=O) groups excluding carboxylic acids is 3. The van der Waals surface area contributed by atoms with Gasteiger partial charge in [0.1, 0.15) is 6.04 Å². The SMILES string of the molecule is CCCN1CC=C[C@H]2S[C@]34C=CCN(c5c(C)cccc5Cl)C(=O)C3N(CCCCO)C(=O)[C@@H]4[C@H]2C1=O. The number of fused-ring (bicyclic) bond motifs is 2. The van der Waals surface area contributed by atoms with Gasteiger partial charge in [-0.2, -0.15) is 0 Å². The smallest absolute Gasteiger partial charge is 0.251 e. The van der Waals surface area contributed by atoms with Crippen LogP contribution in [0.5, 0.6) is 0 Å². The van der Waals surface area contributed by atoms with E-state index in [0.717, 1.165) is 12.0 Å². The van der Waals surface area contributed by atoms with Gasteiger partial charge in [0.2, 0.25) is 11.8 Å². The molecule has 3 amide bonds. The normalized spacial score (nSPS) is 30.9. The molecule has 9 heteroatoms. The van der Waals surface area contributed by atoms with Gasteiger partial charge in [-0.15, -0.1) is 11.8 Å². The molecule has 4 aliphatic rings. The van der Waals surface area contributed by atoms with Gasteiger partial charge < -0.3 is 19.8 Å². The van der Waals surface area contributed by atoms with Crippen LogP contribution in [0.2, 0.25) is 5.02 Å². The van der Waals surface area contributed by atoms with E-state index in [1.807, 2.05) is 49.1 Å². The van der Waals surface area contributed by atoms with E-state index < -0.39 is 22.6 Å². The van der Waals surface area contributed by atoms with E-state index in [1.165, 1.54) is 0 Å². The number of thioether (sulfide) groups is 1. The van der Waals surface area contributed by atoms with Crippen LogP contribution >= 0.6 is 23.4 Å². The van der Waals surface area contributed by atoms with Crippen molar-refractivity contribution in [3.05, 3.63) is 53.1 Å². The fraction of sp³-hybridized carbons (Fsp3) is 0.536. The average Bonchev–Trinajstić information content (AvgIpc) is 3.18. The van der Waals surface area contributed by atoms with Gasteiger partial charge >= 0.3 is 0 Å². The van der Waals surface area contributed by atoms with Crippen LogP contribution < -0.4 is 4.90 Å². The van der Waals surface area contributed by atoms with E-state index >= 15 is 0 Å². The van der Waals surface area contributed by atoms with Crippen LogP contribution in [0.15, 0.2) is 42.5 Å². The number of aliphatic hydroxyl groups excluding tert-OH is 1. The number of anilines is 1. The molecule has 7 nitrogen and oxygen atoms in total. The van der Waals surface area contributed by atoms with E-state index in [-0.39, 0.29) is 29.6 Å². The number of hydrogen-bond acceptors (Lipinski definition) is 5. The number of aryl methyl sites for hydroxylation is 1. The molecule has 4 heterocycles. The number of halogens is 1. The summed E-state index contributed by atoms with van der Waals surface area (Å²) in [7, 11) is 0. The molecule has 0 radical (unpaired) electrons. The van der Waals surface area contributed by atoms with Gasteiger partial charge in [-0.25, -0.2) is 0 Å². The average molecular weight is 544 g/mol. The summed E-state index contributed by atoms with van der Waals surface area (Å²) in [5, 5.41) is 9.70. The molecule has 37 heavy (non-hydrogen) atoms. The lowest BCUT2D eigenvalue weighted by atomic mass is 9.78. The molecule has 5 rings (SSSR count). The van der Waals surface area contributed by atoms with Crippen molar-refractivity contribution in [2.24, 2.45) is 11.8 Å². The maximum atomic E-state index is 14.4. The lowest BCUT2D eigenvalue weighted by Crippen LogP contribution is -2.53. The van der Waals surface area contributed by atoms with Crippen LogP contribution in [-0.4, -0.2) is 81.5 Å². The number of benzene rings is 1. The zero-order valence-corrected chi connectivity index (χ0v) is 22.9. The number of hydrogen-bond donors (Lipinski definition) is 1. The molecule has 2 fully saturated rings. The van der Waals surface area contributed by atoms with Crippen molar-refractivity contribution in [3.8, 4) is 0 Å². The third-order valence-corrected chi connectivity index (χ3v) is 10.1. The molecule has 1 aromatic carbocycles. The predicted octanol–water partition coefficient (Wildman–Crippen LogP) is 3.43. The maximum absolute atomic E-state index is 14.4. The third kappa shape index (κ3) is 4.21. The van der Waals surface area contributed by atoms with E-state index in [0.29, 0.717) is 49.7 Å². The molecule has 0 aliphatic carbocycles. The van der Waals surface area contributed by atoms with Crippen LogP contribution in [0.1, 0.15) is 31.7 Å². The van der Waals surface area contributed by atoms with Crippen molar-refractivity contribution in [1.82, 2.24) is 9.80 Å². The molecule has 5 atom stereocenters. The number of rotatable bonds is 7. The Balaban J connectivity index is 1.60. The number of para-hydroxylation sites is 1. The molecular weight excluding hydrogens is 510 g/mol. The second-order valence-electron chi connectivity index (χ2n) is 10.3. The van der Waals surface area contributed by atoms with Gasteiger partial charge in [0.25, 0.3) is 5.91 Å². The van der Waals surface area contributed by atoms with Crippen molar-refractivity contribution >= 4 is 46.8 Å². The zero-order valence-electron chi connectivity index (χ0n) is 21.3. The predicted molar refractivity (Wildman–Crippen MR) is 147 cm³/mol. The Bertz CT molecular complexity index is 1140. The van der Waals surface area contributed by atoms with Crippen molar-refractivity contribution in [3.63, 3.8) is 0 Å². The first-order chi connectivity index (χ1) is 17.9. The van der Waals surface area contributed by atoms with Crippen molar-refractivity contribution in [2.45, 2.75) is 49.1 Å². The molecule has 1 spiro atoms. The zero-order chi connectivity index (χ0) is 26.3. The minimum absolute atomic E-state index is 0.000525. The molecule has 1 N–H and O–H groups in total. The first-order valence-electron chi connectivity index (χ1n) is 13.1. The summed E-state index contributed by atoms with van der Waals surface area (Å²) < 4.78 is -0.845. The summed E-state index contributed by atoms with van der Waals surface area (Å²) in [4.78, 5) is 47.7. The Kier molecular flexibility index (Phi) is 7.44. The number of nitrogens with zero attached hydrogens (tertiary/aromatic N) is 3. The van der Waals surface area contributed by atoms with Crippen molar-refractivity contribution in [1.29, 1.82) is 0 Å². The first-order valence-corrected chi connectivity index (χ1v) is 14.4. The van der Waals surface area contributed by atoms with Gasteiger partial charge in [0, 0.05) is 38.0 Å². The highest BCUT2D eigenvalue weighted by atomic mass is 35.5. The highest BCUT2D eigenvalue weighted by Crippen LogP contribution is 2.61. The second kappa shape index (κ2) is 10.5. The molecule has 1 unspecified atom stereocenters. The highest BCUT2D eigenvalue weighted by Gasteiger charge is 2.71. The van der Waals surface area contributed by atoms with Crippen LogP contribution in [0, 0.1) is 18.8 Å². The Hall–Kier alpha value is -2.29. The Morgan fingerprint density at radius 1 is 1.08 bits per heavy atom. The first kappa shape index (κ1) is 26.3. The fourth-order valence-corrected chi connectivity index (χ4v) is 8.79. The molecule has 198 valence electrons. The summed E-state index contributed by atoms with van der Waals surface area (Å²) >= 11 is 8.18. The van der Waals surface area contributed by atoms with Crippen LogP contribution in [0.4, 0.5) is 5.69 Å². The van der Waals surface area contributed by atoms with Gasteiger partial charge in [-0.1, -0.05) is 55.0 Å². The number of likely N-dealkylation sites (tertiary alicyclic amines) is 1. The van der Waals surface area contributed by atoms with Crippen LogP contribution in [0.3, 0.4) is 0 Å². The van der Waals surface area contributed by atoms with E-state index in [1.54, 1.807) is 27.6 Å². The van der Waals surface area contributed by atoms with Crippen molar-refractivity contribution < 1.29 is 19.5 Å². The molecule has 4 aliphatic heterocycles. The minimum atomic E-state index is -0.845. The Morgan fingerprint density at radius 2 is 1.89 bits per heavy atom. The maximum Gasteiger partial charge on any atom is 0.251 e. The van der Waals surface area contributed by atoms with Crippen LogP contribution in [-0.2, 0) is 14.4 Å². The van der Waals surface area contributed by atoms with E-state index in [2.05, 4.69) is 6.08 Å². The largest absolute Gasteiger partial charge is 0.396 e. The quantitative estimate of drug-likeness (QED) is 0.421. The molecular formula is C28H34ClN3O4S. The summed E-state index contributed by atoms with van der Waals surface area (Å²) in [6, 6.07) is 4.81. The number of carbonyl (C=O) groups is 3. The molecule has 1 aromatic rings. The van der Waals surface area contributed by atoms with Crippen molar-refractivity contribution in [2.75, 3.05) is 37.7 Å². The second-order valence-corrected chi connectivity index (χ2v) is 12.2. The van der Waals surface area contributed by atoms with Gasteiger partial charge in [0.15, 0.2) is 0 Å². The number of amides is 3. The topological polar surface area (TPSA) is 81.2 Å². The van der Waals surface area contributed by atoms with Gasteiger partial charge in [0.05, 0.1) is 27.3 Å². The number of unbranched alkanes of at least 4 members (excludes halogenated alkanes) is 1. The van der Waals surface area contributed by atoms with E-state index in [4.69, 9.17) is 11.6 Å². The summed E-state index contributed by atoms with van der Waals surface area (Å²) in [6.07, 6.45) is 10.1. The Morgan fingerprint density at radius 3 is 2.62 bits per heavy atom. The van der Waals surface area contributed by atoms with E-state index in [9.17, 15) is 19.5 Å². The lowest BCUT2D eigenvalue weighted by molar-refractivity contribution is -0.142. The minimum Gasteiger partial charge on any atom is -0.396 e. The third-order valence-electron chi connectivity index (χ3n) is 8.00. The lowest BCUT2D eigenvalue weighted by Gasteiger charge is -2.35. The Labute approximate surface area is 227 Å². The van der Waals surface area contributed by atoms with Gasteiger partial charge in [-0.05, 0) is 37.8 Å². The molecule has 0 aromatic heterocycles. The highest BCUT2D eigenvalue weighted by molar-refractivity contribution is 8.02. The monoisotopic (exact) mass is 543 g/mol. The molecule has 0 saturated carbocycles. The number of aliphatic hydroxyl groups is 1. The fourth-order valence-electron chi connectivity index (χ4n) is 6.46. The standard InChI is InChI=1S/C28H34ClN3O4S/c1-3-13-30-14-7-11-20-21(25(30)34)22-26(35)32(15-4-5-17-33)24-27(36)31(16-8-12-28(22,24)37-20)23-18(2)9-6-10-19(23)29/h6-12,20-22,24,33H,3-5,13-17H2,1-2H3/t20-,21+,22+,24?,28+/m1/s1. The summed E-state index contributed by atoms with van der Waals surface area (Å²) in [5.74, 6) is -1.45. The van der Waals surface area contributed by atoms with Gasteiger partial charge in [-0.3, -0.25) is 14.4 Å². The molecule has 2 saturated heterocycles. The van der Waals surface area contributed by atoms with Crippen LogP contribution in [0.25, 0.3) is 0 Å². The summed E-state index contributed by atoms with van der Waals surface area (Å²) in [5.41, 5.74) is 1.54.